The Morgan fingerprint density at radius 2 is 2.10 bits per heavy atom. The van der Waals surface area contributed by atoms with Gasteiger partial charge in [0, 0.05) is 25.7 Å². The Morgan fingerprint density at radius 1 is 1.35 bits per heavy atom. The third-order valence-corrected chi connectivity index (χ3v) is 3.35. The van der Waals surface area contributed by atoms with Crippen LogP contribution >= 0.6 is 0 Å². The van der Waals surface area contributed by atoms with E-state index in [0.717, 1.165) is 24.3 Å². The van der Waals surface area contributed by atoms with Crippen molar-refractivity contribution in [1.82, 2.24) is 4.90 Å². The second kappa shape index (κ2) is 6.93. The molecule has 3 N–H and O–H groups in total. The van der Waals surface area contributed by atoms with Gasteiger partial charge in [-0.25, -0.2) is 4.99 Å². The molecule has 108 valence electrons. The number of carbonyl (C=O) groups excluding carboxylic acids is 1. The summed E-state index contributed by atoms with van der Waals surface area (Å²) in [6.07, 6.45) is 3.66. The zero-order valence-electron chi connectivity index (χ0n) is 11.9. The summed E-state index contributed by atoms with van der Waals surface area (Å²) in [5, 5.41) is 2.77. The number of hydrogen-bond donors (Lipinski definition) is 2. The maximum absolute atomic E-state index is 11.0. The van der Waals surface area contributed by atoms with Crippen LogP contribution in [-0.4, -0.2) is 29.9 Å². The number of hydrogen-bond acceptors (Lipinski definition) is 2. The second-order valence-corrected chi connectivity index (χ2v) is 5.10. The first-order chi connectivity index (χ1) is 9.65. The van der Waals surface area contributed by atoms with Gasteiger partial charge in [0.2, 0.25) is 5.91 Å². The molecule has 1 aliphatic heterocycles. The Balaban J connectivity index is 1.96. The van der Waals surface area contributed by atoms with Crippen LogP contribution in [0.2, 0.25) is 0 Å². The Morgan fingerprint density at radius 3 is 2.80 bits per heavy atom. The molecule has 0 aliphatic carbocycles. The van der Waals surface area contributed by atoms with Crippen molar-refractivity contribution in [3.05, 3.63) is 29.8 Å². The number of nitrogens with zero attached hydrogens (tertiary/aromatic N) is 2. The van der Waals surface area contributed by atoms with Gasteiger partial charge in [-0.05, 0) is 37.0 Å². The summed E-state index contributed by atoms with van der Waals surface area (Å²) in [6.45, 7) is 4.04. The predicted octanol–water partition coefficient (Wildman–Crippen LogP) is 1.95. The molecule has 1 aliphatic rings. The van der Waals surface area contributed by atoms with E-state index >= 15 is 0 Å². The first kappa shape index (κ1) is 14.4. The number of benzene rings is 1. The van der Waals surface area contributed by atoms with E-state index in [1.165, 1.54) is 26.2 Å². The largest absolute Gasteiger partial charge is 0.370 e. The second-order valence-electron chi connectivity index (χ2n) is 5.10. The van der Waals surface area contributed by atoms with Crippen molar-refractivity contribution >= 4 is 17.6 Å². The molecule has 1 fully saturated rings. The smallest absolute Gasteiger partial charge is 0.221 e. The lowest BCUT2D eigenvalue weighted by Crippen LogP contribution is -2.40. The number of guanidine groups is 1. The lowest BCUT2D eigenvalue weighted by molar-refractivity contribution is -0.114. The number of likely N-dealkylation sites (tertiary alicyclic amines) is 1. The van der Waals surface area contributed by atoms with E-state index in [-0.39, 0.29) is 5.91 Å². The van der Waals surface area contributed by atoms with Crippen LogP contribution in [0.15, 0.2) is 29.3 Å². The molecule has 0 aromatic heterocycles. The van der Waals surface area contributed by atoms with E-state index in [1.54, 1.807) is 0 Å². The molecule has 1 aromatic carbocycles. The lowest BCUT2D eigenvalue weighted by atomic mass is 10.1. The molecule has 0 radical (unpaired) electrons. The maximum atomic E-state index is 11.0. The van der Waals surface area contributed by atoms with Crippen molar-refractivity contribution in [1.29, 1.82) is 0 Å². The molecule has 5 heteroatoms. The van der Waals surface area contributed by atoms with Crippen LogP contribution in [0.3, 0.4) is 0 Å². The van der Waals surface area contributed by atoms with E-state index in [2.05, 4.69) is 15.2 Å². The van der Waals surface area contributed by atoms with E-state index in [4.69, 9.17) is 5.73 Å². The standard InChI is InChI=1S/C15H22N4O/c1-12(20)18-14-7-5-6-13(10-14)11-17-15(16)19-8-3-2-4-9-19/h5-7,10H,2-4,8-9,11H2,1H3,(H2,16,17)(H,18,20). The third-order valence-electron chi connectivity index (χ3n) is 3.35. The molecule has 1 amide bonds. The fourth-order valence-electron chi connectivity index (χ4n) is 2.35. The number of aliphatic imine (C=N–C) groups is 1. The van der Waals surface area contributed by atoms with Crippen molar-refractivity contribution < 1.29 is 4.79 Å². The van der Waals surface area contributed by atoms with Crippen LogP contribution in [0.25, 0.3) is 0 Å². The van der Waals surface area contributed by atoms with Crippen LogP contribution in [0.5, 0.6) is 0 Å². The minimum Gasteiger partial charge on any atom is -0.370 e. The minimum atomic E-state index is -0.0709. The summed E-state index contributed by atoms with van der Waals surface area (Å²) in [6, 6.07) is 7.68. The van der Waals surface area contributed by atoms with Crippen LogP contribution in [0.4, 0.5) is 5.69 Å². The molecule has 0 spiro atoms. The van der Waals surface area contributed by atoms with Crippen LogP contribution in [0, 0.1) is 0 Å². The highest BCUT2D eigenvalue weighted by Crippen LogP contribution is 2.12. The number of carbonyl (C=O) groups is 1. The topological polar surface area (TPSA) is 70.7 Å². The first-order valence-corrected chi connectivity index (χ1v) is 7.06. The number of anilines is 1. The van der Waals surface area contributed by atoms with Gasteiger partial charge in [0.1, 0.15) is 0 Å². The molecule has 1 aromatic rings. The van der Waals surface area contributed by atoms with Gasteiger partial charge in [-0.3, -0.25) is 4.79 Å². The highest BCUT2D eigenvalue weighted by atomic mass is 16.1. The number of rotatable bonds is 3. The quantitative estimate of drug-likeness (QED) is 0.653. The highest BCUT2D eigenvalue weighted by molar-refractivity contribution is 5.88. The van der Waals surface area contributed by atoms with E-state index in [1.807, 2.05) is 24.3 Å². The Labute approximate surface area is 119 Å². The predicted molar refractivity (Wildman–Crippen MR) is 81.5 cm³/mol. The summed E-state index contributed by atoms with van der Waals surface area (Å²) in [7, 11) is 0. The molecule has 1 saturated heterocycles. The molecule has 1 heterocycles. The van der Waals surface area contributed by atoms with Gasteiger partial charge < -0.3 is 16.0 Å². The van der Waals surface area contributed by atoms with Crippen molar-refractivity contribution in [2.24, 2.45) is 10.7 Å². The van der Waals surface area contributed by atoms with Gasteiger partial charge in [-0.1, -0.05) is 12.1 Å². The van der Waals surface area contributed by atoms with E-state index in [9.17, 15) is 4.79 Å². The molecule has 20 heavy (non-hydrogen) atoms. The zero-order chi connectivity index (χ0) is 14.4. The van der Waals surface area contributed by atoms with Gasteiger partial charge in [-0.2, -0.15) is 0 Å². The molecular weight excluding hydrogens is 252 g/mol. The monoisotopic (exact) mass is 274 g/mol. The van der Waals surface area contributed by atoms with Gasteiger partial charge in [-0.15, -0.1) is 0 Å². The molecule has 0 bridgehead atoms. The van der Waals surface area contributed by atoms with Crippen molar-refractivity contribution in [3.63, 3.8) is 0 Å². The lowest BCUT2D eigenvalue weighted by Gasteiger charge is -2.27. The highest BCUT2D eigenvalue weighted by Gasteiger charge is 2.11. The third kappa shape index (κ3) is 4.26. The molecule has 0 unspecified atom stereocenters. The molecule has 0 atom stereocenters. The number of piperidine rings is 1. The summed E-state index contributed by atoms with van der Waals surface area (Å²) < 4.78 is 0. The summed E-state index contributed by atoms with van der Waals surface area (Å²) in [4.78, 5) is 17.6. The van der Waals surface area contributed by atoms with Crippen LogP contribution < -0.4 is 11.1 Å². The molecule has 5 nitrogen and oxygen atoms in total. The first-order valence-electron chi connectivity index (χ1n) is 7.06. The van der Waals surface area contributed by atoms with Gasteiger partial charge in [0.05, 0.1) is 6.54 Å². The average molecular weight is 274 g/mol. The Hall–Kier alpha value is -2.04. The fourth-order valence-corrected chi connectivity index (χ4v) is 2.35. The van der Waals surface area contributed by atoms with Gasteiger partial charge >= 0.3 is 0 Å². The fraction of sp³-hybridized carbons (Fsp3) is 0.467. The van der Waals surface area contributed by atoms with Crippen LogP contribution in [-0.2, 0) is 11.3 Å². The maximum Gasteiger partial charge on any atom is 0.221 e. The number of amides is 1. The van der Waals surface area contributed by atoms with Gasteiger partial charge in [0.15, 0.2) is 5.96 Å². The average Bonchev–Trinajstić information content (AvgIpc) is 2.45. The Kier molecular flexibility index (Phi) is 4.98. The molecule has 0 saturated carbocycles. The van der Waals surface area contributed by atoms with E-state index < -0.39 is 0 Å². The van der Waals surface area contributed by atoms with Crippen LogP contribution in [0.1, 0.15) is 31.7 Å². The van der Waals surface area contributed by atoms with Crippen molar-refractivity contribution in [3.8, 4) is 0 Å². The molecular formula is C15H22N4O. The minimum absolute atomic E-state index is 0.0709. The van der Waals surface area contributed by atoms with Crippen molar-refractivity contribution in [2.45, 2.75) is 32.7 Å². The Bertz CT molecular complexity index is 492. The summed E-state index contributed by atoms with van der Waals surface area (Å²) >= 11 is 0. The zero-order valence-corrected chi connectivity index (χ0v) is 11.9. The number of nitrogens with one attached hydrogen (secondary N) is 1. The number of nitrogens with two attached hydrogens (primary N) is 1. The normalized spacial score (nSPS) is 16.1. The SMILES string of the molecule is CC(=O)Nc1cccc(CN=C(N)N2CCCCC2)c1. The van der Waals surface area contributed by atoms with Gasteiger partial charge in [0.25, 0.3) is 0 Å². The van der Waals surface area contributed by atoms with Crippen molar-refractivity contribution in [2.75, 3.05) is 18.4 Å². The molecule has 2 rings (SSSR count). The summed E-state index contributed by atoms with van der Waals surface area (Å²) in [5.41, 5.74) is 7.85. The van der Waals surface area contributed by atoms with E-state index in [0.29, 0.717) is 12.5 Å². The summed E-state index contributed by atoms with van der Waals surface area (Å²) in [5.74, 6) is 0.549.